The van der Waals surface area contributed by atoms with Gasteiger partial charge in [0.2, 0.25) is 0 Å². The maximum Gasteiger partial charge on any atom is 0.435 e. The van der Waals surface area contributed by atoms with E-state index in [0.29, 0.717) is 11.3 Å². The maximum absolute atomic E-state index is 13.1. The number of carboxylic acids is 1. The van der Waals surface area contributed by atoms with Gasteiger partial charge in [0.05, 0.1) is 11.9 Å². The van der Waals surface area contributed by atoms with Gasteiger partial charge in [0.1, 0.15) is 0 Å². The molecule has 1 aromatic heterocycles. The van der Waals surface area contributed by atoms with Gasteiger partial charge in [0, 0.05) is 18.7 Å². The van der Waals surface area contributed by atoms with Crippen molar-refractivity contribution in [1.29, 1.82) is 0 Å². The third-order valence-electron chi connectivity index (χ3n) is 3.47. The Kier molecular flexibility index (Phi) is 5.86. The Bertz CT molecular complexity index is 802. The smallest absolute Gasteiger partial charge is 0.435 e. The van der Waals surface area contributed by atoms with Crippen molar-refractivity contribution in [2.75, 3.05) is 10.6 Å². The van der Waals surface area contributed by atoms with Crippen molar-refractivity contribution < 1.29 is 27.9 Å². The first kappa shape index (κ1) is 19.3. The lowest BCUT2D eigenvalue weighted by atomic mass is 10.1. The number of halogens is 3. The number of anilines is 2. The second-order valence-electron chi connectivity index (χ2n) is 5.39. The fourth-order valence-corrected chi connectivity index (χ4v) is 2.36. The number of aromatic nitrogens is 2. The number of rotatable bonds is 6. The van der Waals surface area contributed by atoms with Crippen molar-refractivity contribution in [3.05, 3.63) is 41.7 Å². The first-order chi connectivity index (χ1) is 12.2. The Morgan fingerprint density at radius 3 is 2.62 bits per heavy atom. The molecule has 2 amide bonds. The van der Waals surface area contributed by atoms with Crippen molar-refractivity contribution in [3.63, 3.8) is 0 Å². The van der Waals surface area contributed by atoms with E-state index in [2.05, 4.69) is 15.7 Å². The minimum atomic E-state index is -4.66. The highest BCUT2D eigenvalue weighted by atomic mass is 19.4. The van der Waals surface area contributed by atoms with Crippen molar-refractivity contribution >= 4 is 23.4 Å². The first-order valence-electron chi connectivity index (χ1n) is 7.72. The van der Waals surface area contributed by atoms with Crippen molar-refractivity contribution in [1.82, 2.24) is 9.78 Å². The van der Waals surface area contributed by atoms with E-state index < -0.39 is 29.6 Å². The predicted molar refractivity (Wildman–Crippen MR) is 87.9 cm³/mol. The van der Waals surface area contributed by atoms with Gasteiger partial charge < -0.3 is 15.7 Å². The molecule has 2 rings (SSSR count). The Labute approximate surface area is 146 Å². The number of benzene rings is 1. The molecule has 3 N–H and O–H groups in total. The molecule has 140 valence electrons. The minimum absolute atomic E-state index is 0.00374. The summed E-state index contributed by atoms with van der Waals surface area (Å²) in [4.78, 5) is 22.6. The molecular weight excluding hydrogens is 353 g/mol. The molecule has 2 aromatic rings. The lowest BCUT2D eigenvalue weighted by molar-refractivity contribution is -0.143. The van der Waals surface area contributed by atoms with Gasteiger partial charge in [-0.1, -0.05) is 12.1 Å². The van der Waals surface area contributed by atoms with Crippen LogP contribution in [0.1, 0.15) is 24.6 Å². The summed E-state index contributed by atoms with van der Waals surface area (Å²) in [6.07, 6.45) is -3.52. The number of nitrogens with zero attached hydrogens (tertiary/aromatic N) is 2. The Balaban J connectivity index is 2.09. The topological polar surface area (TPSA) is 96.3 Å². The average molecular weight is 370 g/mol. The molecule has 1 heterocycles. The molecule has 0 saturated heterocycles. The van der Waals surface area contributed by atoms with Gasteiger partial charge in [-0.15, -0.1) is 0 Å². The summed E-state index contributed by atoms with van der Waals surface area (Å²) < 4.78 is 40.1. The van der Waals surface area contributed by atoms with Gasteiger partial charge in [-0.3, -0.25) is 9.48 Å². The molecule has 0 aliphatic carbocycles. The van der Waals surface area contributed by atoms with E-state index in [1.807, 2.05) is 0 Å². The molecule has 0 aliphatic rings. The summed E-state index contributed by atoms with van der Waals surface area (Å²) in [5, 5.41) is 16.9. The van der Waals surface area contributed by atoms with Crippen LogP contribution in [0, 0.1) is 0 Å². The number of carbonyl (C=O) groups is 2. The second-order valence-corrected chi connectivity index (χ2v) is 5.39. The van der Waals surface area contributed by atoms with E-state index in [1.54, 1.807) is 24.3 Å². The molecule has 0 bridgehead atoms. The zero-order valence-electron chi connectivity index (χ0n) is 13.8. The monoisotopic (exact) mass is 370 g/mol. The van der Waals surface area contributed by atoms with Crippen LogP contribution >= 0.6 is 0 Å². The Morgan fingerprint density at radius 2 is 2.00 bits per heavy atom. The fourth-order valence-electron chi connectivity index (χ4n) is 2.36. The maximum atomic E-state index is 13.1. The molecule has 0 saturated carbocycles. The molecule has 0 spiro atoms. The molecule has 0 unspecified atom stereocenters. The summed E-state index contributed by atoms with van der Waals surface area (Å²) >= 11 is 0. The zero-order valence-corrected chi connectivity index (χ0v) is 13.8. The molecule has 1 aromatic carbocycles. The van der Waals surface area contributed by atoms with Gasteiger partial charge in [-0.25, -0.2) is 4.79 Å². The number of nitrogens with one attached hydrogen (secondary N) is 2. The van der Waals surface area contributed by atoms with E-state index in [9.17, 15) is 22.8 Å². The Hall–Kier alpha value is -3.04. The third kappa shape index (κ3) is 4.98. The summed E-state index contributed by atoms with van der Waals surface area (Å²) in [5.41, 5.74) is -0.467. The largest absolute Gasteiger partial charge is 0.481 e. The molecule has 0 radical (unpaired) electrons. The van der Waals surface area contributed by atoms with Crippen molar-refractivity contribution in [3.8, 4) is 0 Å². The average Bonchev–Trinajstić information content (AvgIpc) is 2.96. The number of hydrogen-bond acceptors (Lipinski definition) is 3. The number of carboxylic acid groups (broad SMARTS) is 1. The van der Waals surface area contributed by atoms with Crippen molar-refractivity contribution in [2.24, 2.45) is 0 Å². The number of aryl methyl sites for hydroxylation is 2. The quantitative estimate of drug-likeness (QED) is 0.724. The van der Waals surface area contributed by atoms with E-state index in [-0.39, 0.29) is 19.4 Å². The lowest BCUT2D eigenvalue weighted by Gasteiger charge is -2.12. The summed E-state index contributed by atoms with van der Waals surface area (Å²) in [5.74, 6) is -0.950. The van der Waals surface area contributed by atoms with Gasteiger partial charge in [-0.05, 0) is 31.0 Å². The number of hydrogen-bond donors (Lipinski definition) is 3. The van der Waals surface area contributed by atoms with Crippen LogP contribution in [0.5, 0.6) is 0 Å². The van der Waals surface area contributed by atoms with Gasteiger partial charge in [0.25, 0.3) is 0 Å². The summed E-state index contributed by atoms with van der Waals surface area (Å²) in [7, 11) is 0. The van der Waals surface area contributed by atoms with Gasteiger partial charge in [0.15, 0.2) is 5.69 Å². The van der Waals surface area contributed by atoms with E-state index in [4.69, 9.17) is 5.11 Å². The van der Waals surface area contributed by atoms with Crippen LogP contribution in [0.25, 0.3) is 0 Å². The van der Waals surface area contributed by atoms with Crippen LogP contribution in [-0.4, -0.2) is 26.9 Å². The van der Waals surface area contributed by atoms with Crippen LogP contribution in [-0.2, 0) is 23.9 Å². The highest BCUT2D eigenvalue weighted by molar-refractivity contribution is 6.00. The third-order valence-corrected chi connectivity index (χ3v) is 3.47. The molecule has 0 fully saturated rings. The molecule has 7 nitrogen and oxygen atoms in total. The van der Waals surface area contributed by atoms with Crippen molar-refractivity contribution in [2.45, 2.75) is 32.5 Å². The van der Waals surface area contributed by atoms with Crippen LogP contribution in [0.4, 0.5) is 29.3 Å². The fraction of sp³-hybridized carbons (Fsp3) is 0.312. The first-order valence-corrected chi connectivity index (χ1v) is 7.72. The molecule has 0 atom stereocenters. The van der Waals surface area contributed by atoms with E-state index in [0.717, 1.165) is 10.9 Å². The van der Waals surface area contributed by atoms with E-state index in [1.165, 1.54) is 6.92 Å². The highest BCUT2D eigenvalue weighted by Gasteiger charge is 2.38. The minimum Gasteiger partial charge on any atom is -0.481 e. The SMILES string of the molecule is CCn1ncc(NC(=O)Nc2cccc(CCC(=O)O)c2)c1C(F)(F)F. The Morgan fingerprint density at radius 1 is 1.27 bits per heavy atom. The number of carbonyl (C=O) groups excluding carboxylic acids is 1. The second kappa shape index (κ2) is 7.89. The lowest BCUT2D eigenvalue weighted by Crippen LogP contribution is -2.22. The summed E-state index contributed by atoms with van der Waals surface area (Å²) in [6, 6.07) is 5.55. The number of aliphatic carboxylic acids is 1. The van der Waals surface area contributed by atoms with Gasteiger partial charge in [-0.2, -0.15) is 18.3 Å². The predicted octanol–water partition coefficient (Wildman–Crippen LogP) is 3.58. The van der Waals surface area contributed by atoms with Crippen LogP contribution < -0.4 is 10.6 Å². The van der Waals surface area contributed by atoms with Crippen LogP contribution in [0.3, 0.4) is 0 Å². The highest BCUT2D eigenvalue weighted by Crippen LogP contribution is 2.34. The molecule has 26 heavy (non-hydrogen) atoms. The normalized spacial score (nSPS) is 11.2. The number of urea groups is 1. The zero-order chi connectivity index (χ0) is 19.3. The van der Waals surface area contributed by atoms with Crippen LogP contribution in [0.2, 0.25) is 0 Å². The van der Waals surface area contributed by atoms with E-state index >= 15 is 0 Å². The molecular formula is C16H17F3N4O3. The van der Waals surface area contributed by atoms with Gasteiger partial charge >= 0.3 is 18.2 Å². The molecule has 0 aliphatic heterocycles. The number of alkyl halides is 3. The number of amides is 2. The van der Waals surface area contributed by atoms with Crippen LogP contribution in [0.15, 0.2) is 30.5 Å². The molecule has 10 heteroatoms. The standard InChI is InChI=1S/C16H17F3N4O3/c1-2-23-14(16(17,18)19)12(9-20-23)22-15(26)21-11-5-3-4-10(8-11)6-7-13(24)25/h3-5,8-9H,2,6-7H2,1H3,(H,24,25)(H2,21,22,26). The summed E-state index contributed by atoms with van der Waals surface area (Å²) in [6.45, 7) is 1.51.